The van der Waals surface area contributed by atoms with E-state index in [1.165, 1.54) is 12.1 Å². The first-order chi connectivity index (χ1) is 9.22. The summed E-state index contributed by atoms with van der Waals surface area (Å²) in [7, 11) is 0. The molecule has 1 aliphatic rings. The summed E-state index contributed by atoms with van der Waals surface area (Å²) >= 11 is 5.57. The number of hydrogen-bond acceptors (Lipinski definition) is 2. The van der Waals surface area contributed by atoms with Gasteiger partial charge in [0.05, 0.1) is 18.3 Å². The van der Waals surface area contributed by atoms with Crippen LogP contribution in [-0.4, -0.2) is 42.5 Å². The Kier molecular flexibility index (Phi) is 5.16. The second kappa shape index (κ2) is 6.87. The molecule has 0 spiro atoms. The second-order valence-corrected chi connectivity index (χ2v) is 4.91. The number of hydrogen-bond donors (Lipinski definition) is 0. The van der Waals surface area contributed by atoms with Gasteiger partial charge in [0.1, 0.15) is 5.82 Å². The Labute approximate surface area is 117 Å². The summed E-state index contributed by atoms with van der Waals surface area (Å²) < 4.78 is 19.1. The van der Waals surface area contributed by atoms with Crippen molar-refractivity contribution >= 4 is 17.5 Å². The standard InChI is InChI=1S/C14H17ClFNO2/c15-7-10-19-11-5-8-17(9-6-11)14(18)12-3-1-2-4-13(12)16/h1-4,11H,5-10H2. The summed E-state index contributed by atoms with van der Waals surface area (Å²) in [6, 6.07) is 6.09. The number of piperidine rings is 1. The molecule has 1 fully saturated rings. The normalized spacial score (nSPS) is 16.6. The van der Waals surface area contributed by atoms with E-state index in [1.807, 2.05) is 0 Å². The predicted molar refractivity (Wildman–Crippen MR) is 72.0 cm³/mol. The van der Waals surface area contributed by atoms with Gasteiger partial charge in [-0.05, 0) is 25.0 Å². The first-order valence-electron chi connectivity index (χ1n) is 6.43. The van der Waals surface area contributed by atoms with Gasteiger partial charge in [-0.3, -0.25) is 4.79 Å². The lowest BCUT2D eigenvalue weighted by Crippen LogP contribution is -2.41. The van der Waals surface area contributed by atoms with Gasteiger partial charge in [0.2, 0.25) is 0 Å². The van der Waals surface area contributed by atoms with E-state index < -0.39 is 5.82 Å². The molecule has 0 aliphatic carbocycles. The highest BCUT2D eigenvalue weighted by atomic mass is 35.5. The number of carbonyl (C=O) groups is 1. The summed E-state index contributed by atoms with van der Waals surface area (Å²) in [6.45, 7) is 1.73. The van der Waals surface area contributed by atoms with Crippen LogP contribution < -0.4 is 0 Å². The van der Waals surface area contributed by atoms with Gasteiger partial charge < -0.3 is 9.64 Å². The molecular weight excluding hydrogens is 269 g/mol. The van der Waals surface area contributed by atoms with Crippen LogP contribution in [0.3, 0.4) is 0 Å². The van der Waals surface area contributed by atoms with Crippen molar-refractivity contribution in [3.8, 4) is 0 Å². The minimum atomic E-state index is -0.465. The molecule has 1 aromatic carbocycles. The van der Waals surface area contributed by atoms with Gasteiger partial charge in [-0.15, -0.1) is 11.6 Å². The van der Waals surface area contributed by atoms with Gasteiger partial charge in [0.25, 0.3) is 5.91 Å². The van der Waals surface area contributed by atoms with Gasteiger partial charge in [-0.1, -0.05) is 12.1 Å². The molecule has 1 aromatic rings. The van der Waals surface area contributed by atoms with Gasteiger partial charge in [0.15, 0.2) is 0 Å². The van der Waals surface area contributed by atoms with Crippen molar-refractivity contribution in [2.45, 2.75) is 18.9 Å². The maximum Gasteiger partial charge on any atom is 0.256 e. The number of carbonyl (C=O) groups excluding carboxylic acids is 1. The minimum Gasteiger partial charge on any atom is -0.377 e. The van der Waals surface area contributed by atoms with E-state index in [2.05, 4.69) is 0 Å². The van der Waals surface area contributed by atoms with Crippen molar-refractivity contribution in [2.24, 2.45) is 0 Å². The Morgan fingerprint density at radius 2 is 2.05 bits per heavy atom. The third-order valence-corrected chi connectivity index (χ3v) is 3.42. The number of rotatable bonds is 4. The first kappa shape index (κ1) is 14.3. The highest BCUT2D eigenvalue weighted by Crippen LogP contribution is 2.17. The molecule has 0 bridgehead atoms. The zero-order valence-corrected chi connectivity index (χ0v) is 11.4. The van der Waals surface area contributed by atoms with Gasteiger partial charge in [0, 0.05) is 19.0 Å². The molecule has 3 nitrogen and oxygen atoms in total. The van der Waals surface area contributed by atoms with E-state index in [9.17, 15) is 9.18 Å². The van der Waals surface area contributed by atoms with E-state index in [0.29, 0.717) is 25.6 Å². The highest BCUT2D eigenvalue weighted by molar-refractivity contribution is 6.17. The van der Waals surface area contributed by atoms with Gasteiger partial charge in [-0.2, -0.15) is 0 Å². The minimum absolute atomic E-state index is 0.141. The topological polar surface area (TPSA) is 29.5 Å². The monoisotopic (exact) mass is 285 g/mol. The van der Waals surface area contributed by atoms with Crippen LogP contribution in [0, 0.1) is 5.82 Å². The fraction of sp³-hybridized carbons (Fsp3) is 0.500. The smallest absolute Gasteiger partial charge is 0.256 e. The number of halogens is 2. The summed E-state index contributed by atoms with van der Waals surface area (Å²) in [4.78, 5) is 13.8. The molecule has 5 heteroatoms. The lowest BCUT2D eigenvalue weighted by atomic mass is 10.1. The van der Waals surface area contributed by atoms with Crippen molar-refractivity contribution in [3.05, 3.63) is 35.6 Å². The molecule has 1 amide bonds. The Hall–Kier alpha value is -1.13. The molecule has 0 atom stereocenters. The third-order valence-electron chi connectivity index (χ3n) is 3.26. The number of ether oxygens (including phenoxy) is 1. The molecule has 0 aromatic heterocycles. The molecular formula is C14H17ClFNO2. The Morgan fingerprint density at radius 1 is 1.37 bits per heavy atom. The van der Waals surface area contributed by atoms with E-state index in [0.717, 1.165) is 12.8 Å². The first-order valence-corrected chi connectivity index (χ1v) is 6.97. The van der Waals surface area contributed by atoms with Crippen LogP contribution in [-0.2, 0) is 4.74 Å². The Balaban J connectivity index is 1.91. The molecule has 0 unspecified atom stereocenters. The van der Waals surface area contributed by atoms with Crippen LogP contribution in [0.5, 0.6) is 0 Å². The fourth-order valence-electron chi connectivity index (χ4n) is 2.24. The van der Waals surface area contributed by atoms with Gasteiger partial charge in [-0.25, -0.2) is 4.39 Å². The van der Waals surface area contributed by atoms with Crippen LogP contribution in [0.25, 0.3) is 0 Å². The zero-order chi connectivity index (χ0) is 13.7. The van der Waals surface area contributed by atoms with Crippen LogP contribution in [0.2, 0.25) is 0 Å². The predicted octanol–water partition coefficient (Wildman–Crippen LogP) is 2.69. The van der Waals surface area contributed by atoms with Crippen LogP contribution in [0.1, 0.15) is 23.2 Å². The number of alkyl halides is 1. The summed E-state index contributed by atoms with van der Waals surface area (Å²) in [5.41, 5.74) is 0.141. The van der Waals surface area contributed by atoms with Crippen molar-refractivity contribution in [1.29, 1.82) is 0 Å². The quantitative estimate of drug-likeness (QED) is 0.796. The SMILES string of the molecule is O=C(c1ccccc1F)N1CCC(OCCCl)CC1. The van der Waals surface area contributed by atoms with E-state index in [1.54, 1.807) is 17.0 Å². The molecule has 2 rings (SSSR count). The van der Waals surface area contributed by atoms with E-state index >= 15 is 0 Å². The van der Waals surface area contributed by atoms with E-state index in [-0.39, 0.29) is 17.6 Å². The van der Waals surface area contributed by atoms with Crippen molar-refractivity contribution < 1.29 is 13.9 Å². The molecule has 19 heavy (non-hydrogen) atoms. The molecule has 1 aliphatic heterocycles. The second-order valence-electron chi connectivity index (χ2n) is 4.53. The van der Waals surface area contributed by atoms with E-state index in [4.69, 9.17) is 16.3 Å². The maximum atomic E-state index is 13.6. The van der Waals surface area contributed by atoms with Crippen molar-refractivity contribution in [3.63, 3.8) is 0 Å². The molecule has 0 saturated carbocycles. The summed E-state index contributed by atoms with van der Waals surface area (Å²) in [5.74, 6) is -0.226. The molecule has 0 N–H and O–H groups in total. The van der Waals surface area contributed by atoms with Crippen molar-refractivity contribution in [1.82, 2.24) is 4.90 Å². The molecule has 1 saturated heterocycles. The maximum absolute atomic E-state index is 13.6. The van der Waals surface area contributed by atoms with Crippen molar-refractivity contribution in [2.75, 3.05) is 25.6 Å². The van der Waals surface area contributed by atoms with Gasteiger partial charge >= 0.3 is 0 Å². The molecule has 104 valence electrons. The third kappa shape index (κ3) is 3.67. The summed E-state index contributed by atoms with van der Waals surface area (Å²) in [6.07, 6.45) is 1.71. The molecule has 1 heterocycles. The fourth-order valence-corrected chi connectivity index (χ4v) is 2.33. The number of nitrogens with zero attached hydrogens (tertiary/aromatic N) is 1. The number of likely N-dealkylation sites (tertiary alicyclic amines) is 1. The Morgan fingerprint density at radius 3 is 2.68 bits per heavy atom. The number of benzene rings is 1. The average Bonchev–Trinajstić information content (AvgIpc) is 2.45. The van der Waals surface area contributed by atoms with Crippen LogP contribution >= 0.6 is 11.6 Å². The zero-order valence-electron chi connectivity index (χ0n) is 10.6. The average molecular weight is 286 g/mol. The highest BCUT2D eigenvalue weighted by Gasteiger charge is 2.25. The van der Waals surface area contributed by atoms with Crippen LogP contribution in [0.15, 0.2) is 24.3 Å². The van der Waals surface area contributed by atoms with Crippen LogP contribution in [0.4, 0.5) is 4.39 Å². The number of amides is 1. The lowest BCUT2D eigenvalue weighted by Gasteiger charge is -2.32. The lowest BCUT2D eigenvalue weighted by molar-refractivity contribution is 0.0153. The summed E-state index contributed by atoms with van der Waals surface area (Å²) in [5, 5.41) is 0. The largest absolute Gasteiger partial charge is 0.377 e. The Bertz CT molecular complexity index is 433. The molecule has 0 radical (unpaired) electrons.